The quantitative estimate of drug-likeness (QED) is 0.203. The van der Waals surface area contributed by atoms with Gasteiger partial charge in [0.1, 0.15) is 16.0 Å². The van der Waals surface area contributed by atoms with Gasteiger partial charge < -0.3 is 9.32 Å². The van der Waals surface area contributed by atoms with E-state index < -0.39 is 0 Å². The van der Waals surface area contributed by atoms with Crippen LogP contribution in [0.15, 0.2) is 138 Å². The number of aromatic nitrogens is 1. The van der Waals surface area contributed by atoms with Gasteiger partial charge in [0.05, 0.1) is 11.9 Å². The van der Waals surface area contributed by atoms with Crippen LogP contribution in [0.5, 0.6) is 0 Å². The van der Waals surface area contributed by atoms with E-state index >= 15 is 0 Å². The summed E-state index contributed by atoms with van der Waals surface area (Å²) in [5, 5.41) is 9.74. The highest BCUT2D eigenvalue weighted by Gasteiger charge is 2.19. The minimum Gasteiger partial charge on any atom is -0.456 e. The lowest BCUT2D eigenvalue weighted by molar-refractivity contribution is 0.669. The number of pyridine rings is 1. The molecule has 0 unspecified atom stereocenters. The highest BCUT2D eigenvalue weighted by molar-refractivity contribution is 7.26. The standard InChI is InChI=1S/C39H22N2OS2/c1-2-8-27-23(7-1)13-16-31-33-20-26(22-40-39(33)44-38(27)31)41(24-15-18-37-32(19-24)30-10-4-6-12-36(30)43-37)25-14-17-29-28-9-3-5-11-34(28)42-35(29)21-25/h1-22H. The van der Waals surface area contributed by atoms with Gasteiger partial charge in [-0.2, -0.15) is 0 Å². The number of rotatable bonds is 3. The fourth-order valence-electron chi connectivity index (χ4n) is 6.65. The summed E-state index contributed by atoms with van der Waals surface area (Å²) in [4.78, 5) is 8.42. The first-order valence-electron chi connectivity index (χ1n) is 14.6. The summed E-state index contributed by atoms with van der Waals surface area (Å²) >= 11 is 3.61. The molecule has 0 aliphatic rings. The Bertz CT molecular complexity index is 2750. The Kier molecular flexibility index (Phi) is 5.03. The van der Waals surface area contributed by atoms with E-state index in [4.69, 9.17) is 9.40 Å². The Balaban J connectivity index is 1.23. The van der Waals surface area contributed by atoms with E-state index in [0.29, 0.717) is 0 Å². The van der Waals surface area contributed by atoms with Crippen molar-refractivity contribution < 1.29 is 4.42 Å². The summed E-state index contributed by atoms with van der Waals surface area (Å²) in [5.74, 6) is 0. The van der Waals surface area contributed by atoms with Crippen molar-refractivity contribution in [3.8, 4) is 0 Å². The molecule has 0 saturated carbocycles. The summed E-state index contributed by atoms with van der Waals surface area (Å²) in [6, 6.07) is 45.6. The number of anilines is 3. The van der Waals surface area contributed by atoms with Gasteiger partial charge in [-0.15, -0.1) is 22.7 Å². The Morgan fingerprint density at radius 1 is 0.477 bits per heavy atom. The third-order valence-corrected chi connectivity index (χ3v) is 11.0. The lowest BCUT2D eigenvalue weighted by Gasteiger charge is -2.25. The number of hydrogen-bond donors (Lipinski definition) is 0. The highest BCUT2D eigenvalue weighted by Crippen LogP contribution is 2.44. The molecule has 0 amide bonds. The molecule has 0 spiro atoms. The summed E-state index contributed by atoms with van der Waals surface area (Å²) < 4.78 is 10.2. The number of furan rings is 1. The second-order valence-corrected chi connectivity index (χ2v) is 13.3. The van der Waals surface area contributed by atoms with E-state index in [0.717, 1.165) is 43.8 Å². The summed E-state index contributed by atoms with van der Waals surface area (Å²) in [7, 11) is 0. The predicted molar refractivity (Wildman–Crippen MR) is 189 cm³/mol. The first-order valence-corrected chi connectivity index (χ1v) is 16.2. The second-order valence-electron chi connectivity index (χ2n) is 11.2. The van der Waals surface area contributed by atoms with Crippen LogP contribution in [0.3, 0.4) is 0 Å². The molecule has 4 heterocycles. The van der Waals surface area contributed by atoms with Crippen molar-refractivity contribution in [3.63, 3.8) is 0 Å². The monoisotopic (exact) mass is 598 g/mol. The van der Waals surface area contributed by atoms with Crippen molar-refractivity contribution in [1.82, 2.24) is 4.98 Å². The number of thiophene rings is 2. The lowest BCUT2D eigenvalue weighted by Crippen LogP contribution is -2.10. The van der Waals surface area contributed by atoms with Gasteiger partial charge in [-0.05, 0) is 59.3 Å². The van der Waals surface area contributed by atoms with Gasteiger partial charge in [-0.25, -0.2) is 4.98 Å². The second kappa shape index (κ2) is 9.13. The number of hydrogen-bond acceptors (Lipinski definition) is 5. The maximum Gasteiger partial charge on any atom is 0.137 e. The Labute approximate surface area is 259 Å². The van der Waals surface area contributed by atoms with E-state index in [1.54, 1.807) is 11.3 Å². The first-order chi connectivity index (χ1) is 21.8. The van der Waals surface area contributed by atoms with Crippen molar-refractivity contribution in [2.75, 3.05) is 4.90 Å². The molecule has 5 heteroatoms. The van der Waals surface area contributed by atoms with E-state index in [1.165, 1.54) is 46.4 Å². The molecular weight excluding hydrogens is 577 g/mol. The minimum absolute atomic E-state index is 0.872. The zero-order valence-corrected chi connectivity index (χ0v) is 25.0. The van der Waals surface area contributed by atoms with Gasteiger partial charge in [-0.1, -0.05) is 72.8 Å². The molecule has 44 heavy (non-hydrogen) atoms. The zero-order valence-electron chi connectivity index (χ0n) is 23.3. The average molecular weight is 599 g/mol. The summed E-state index contributed by atoms with van der Waals surface area (Å²) in [6.45, 7) is 0. The number of nitrogens with zero attached hydrogens (tertiary/aromatic N) is 2. The van der Waals surface area contributed by atoms with E-state index in [9.17, 15) is 0 Å². The van der Waals surface area contributed by atoms with Crippen molar-refractivity contribution in [3.05, 3.63) is 134 Å². The smallest absolute Gasteiger partial charge is 0.137 e. The Morgan fingerprint density at radius 2 is 1.18 bits per heavy atom. The number of fused-ring (bicyclic) bond motifs is 11. The van der Waals surface area contributed by atoms with Crippen molar-refractivity contribution in [2.45, 2.75) is 0 Å². The van der Waals surface area contributed by atoms with Crippen LogP contribution >= 0.6 is 22.7 Å². The fraction of sp³-hybridized carbons (Fsp3) is 0. The summed E-state index contributed by atoms with van der Waals surface area (Å²) in [5.41, 5.74) is 4.90. The fourth-order valence-corrected chi connectivity index (χ4v) is 8.90. The Hall–Kier alpha value is -5.23. The molecule has 10 rings (SSSR count). The molecule has 0 N–H and O–H groups in total. The third-order valence-electron chi connectivity index (χ3n) is 8.70. The SMILES string of the molecule is c1ccc2c(c1)ccc1c3cc(N(c4ccc5c(c4)oc4ccccc45)c4ccc5sc6ccccc6c5c4)cnc3sc21. The van der Waals surface area contributed by atoms with Crippen molar-refractivity contribution >= 4 is 113 Å². The van der Waals surface area contributed by atoms with Crippen LogP contribution in [0.1, 0.15) is 0 Å². The largest absolute Gasteiger partial charge is 0.456 e. The van der Waals surface area contributed by atoms with Crippen LogP contribution in [-0.2, 0) is 0 Å². The molecule has 10 aromatic rings. The lowest BCUT2D eigenvalue weighted by atomic mass is 10.1. The normalized spacial score (nSPS) is 12.1. The van der Waals surface area contributed by atoms with Crippen LogP contribution in [-0.4, -0.2) is 4.98 Å². The minimum atomic E-state index is 0.872. The molecule has 0 atom stereocenters. The zero-order chi connectivity index (χ0) is 28.8. The van der Waals surface area contributed by atoms with E-state index in [2.05, 4.69) is 120 Å². The van der Waals surface area contributed by atoms with Crippen LogP contribution < -0.4 is 4.90 Å². The molecule has 0 bridgehead atoms. The molecule has 0 radical (unpaired) electrons. The average Bonchev–Trinajstić information content (AvgIpc) is 3.75. The molecule has 4 aromatic heterocycles. The highest BCUT2D eigenvalue weighted by atomic mass is 32.1. The first kappa shape index (κ1) is 24.2. The molecule has 0 aliphatic carbocycles. The molecule has 0 fully saturated rings. The Morgan fingerprint density at radius 3 is 2.14 bits per heavy atom. The molecule has 0 aliphatic heterocycles. The van der Waals surface area contributed by atoms with Crippen molar-refractivity contribution in [1.29, 1.82) is 0 Å². The van der Waals surface area contributed by atoms with Crippen LogP contribution in [0.2, 0.25) is 0 Å². The van der Waals surface area contributed by atoms with Gasteiger partial charge >= 0.3 is 0 Å². The van der Waals surface area contributed by atoms with Crippen LogP contribution in [0.25, 0.3) is 73.2 Å². The number of benzene rings is 6. The van der Waals surface area contributed by atoms with Gasteiger partial charge in [0.25, 0.3) is 0 Å². The predicted octanol–water partition coefficient (Wildman–Crippen LogP) is 12.3. The van der Waals surface area contributed by atoms with Crippen LogP contribution in [0, 0.1) is 0 Å². The van der Waals surface area contributed by atoms with E-state index in [-0.39, 0.29) is 0 Å². The molecular formula is C39H22N2OS2. The third kappa shape index (κ3) is 3.51. The molecule has 206 valence electrons. The molecule has 3 nitrogen and oxygen atoms in total. The van der Waals surface area contributed by atoms with Gasteiger partial charge in [0.15, 0.2) is 0 Å². The van der Waals surface area contributed by atoms with Gasteiger partial charge in [0.2, 0.25) is 0 Å². The summed E-state index contributed by atoms with van der Waals surface area (Å²) in [6.07, 6.45) is 2.01. The molecule has 6 aromatic carbocycles. The van der Waals surface area contributed by atoms with Crippen LogP contribution in [0.4, 0.5) is 17.1 Å². The molecule has 0 saturated heterocycles. The van der Waals surface area contributed by atoms with Crippen molar-refractivity contribution in [2.24, 2.45) is 0 Å². The topological polar surface area (TPSA) is 29.3 Å². The van der Waals surface area contributed by atoms with Gasteiger partial charge in [-0.3, -0.25) is 0 Å². The number of para-hydroxylation sites is 1. The maximum absolute atomic E-state index is 6.35. The maximum atomic E-state index is 6.35. The van der Waals surface area contributed by atoms with E-state index in [1.807, 2.05) is 29.7 Å². The van der Waals surface area contributed by atoms with Gasteiger partial charge in [0, 0.05) is 63.9 Å².